The lowest BCUT2D eigenvalue weighted by atomic mass is 9.86. The van der Waals surface area contributed by atoms with Gasteiger partial charge in [-0.3, -0.25) is 19.5 Å². The molecule has 1 N–H and O–H groups in total. The van der Waals surface area contributed by atoms with E-state index in [1.807, 2.05) is 43.5 Å². The zero-order valence-corrected chi connectivity index (χ0v) is 24.1. The molecule has 1 saturated carbocycles. The van der Waals surface area contributed by atoms with E-state index in [1.165, 1.54) is 11.1 Å². The second kappa shape index (κ2) is 8.84. The number of rotatable bonds is 5. The monoisotopic (exact) mass is 569 g/mol. The molecule has 0 bridgehead atoms. The summed E-state index contributed by atoms with van der Waals surface area (Å²) in [5, 5.41) is 3.41. The predicted octanol–water partition coefficient (Wildman–Crippen LogP) is 5.33. The Morgan fingerprint density at radius 2 is 1.88 bits per heavy atom. The lowest BCUT2D eigenvalue weighted by molar-refractivity contribution is -0.119. The number of nitrogens with one attached hydrogen (secondary N) is 1. The van der Waals surface area contributed by atoms with Gasteiger partial charge in [0.05, 0.1) is 34.8 Å². The first-order valence-electron chi connectivity index (χ1n) is 13.6. The van der Waals surface area contributed by atoms with E-state index >= 15 is 0 Å². The zero-order valence-electron chi connectivity index (χ0n) is 23.3. The minimum atomic E-state index is -1.55. The summed E-state index contributed by atoms with van der Waals surface area (Å²) in [6.07, 6.45) is 5.34. The molecule has 1 spiro atoms. The summed E-state index contributed by atoms with van der Waals surface area (Å²) in [5.41, 5.74) is 2.92. The van der Waals surface area contributed by atoms with Crippen molar-refractivity contribution in [2.75, 3.05) is 17.3 Å². The van der Waals surface area contributed by atoms with Gasteiger partial charge in [0.15, 0.2) is 11.2 Å². The van der Waals surface area contributed by atoms with Crippen molar-refractivity contribution < 1.29 is 14.3 Å². The van der Waals surface area contributed by atoms with Crippen LogP contribution >= 0.6 is 11.6 Å². The number of nitrogens with zero attached hydrogens (tertiary/aromatic N) is 6. The number of benzene rings is 1. The number of hydrogen-bond acceptors (Lipinski definition) is 7. The molecule has 1 aliphatic carbocycles. The van der Waals surface area contributed by atoms with E-state index < -0.39 is 11.4 Å². The lowest BCUT2D eigenvalue weighted by Gasteiger charge is -2.36. The molecule has 1 fully saturated rings. The third-order valence-electron chi connectivity index (χ3n) is 8.07. The molecule has 41 heavy (non-hydrogen) atoms. The number of pyridine rings is 1. The normalized spacial score (nSPS) is 19.2. The Labute approximate surface area is 241 Å². The Kier molecular flexibility index (Phi) is 5.53. The molecule has 1 unspecified atom stereocenters. The molecule has 208 valence electrons. The number of anilines is 2. The van der Waals surface area contributed by atoms with E-state index in [0.717, 1.165) is 24.2 Å². The molecular weight excluding hydrogens is 542 g/mol. The van der Waals surface area contributed by atoms with Crippen LogP contribution in [0.1, 0.15) is 77.5 Å². The molecule has 2 aliphatic heterocycles. The van der Waals surface area contributed by atoms with E-state index in [1.54, 1.807) is 26.3 Å². The molecule has 0 saturated heterocycles. The molecule has 3 aliphatic rings. The van der Waals surface area contributed by atoms with Crippen molar-refractivity contribution in [2.45, 2.75) is 58.0 Å². The highest BCUT2D eigenvalue weighted by molar-refractivity contribution is 6.31. The molecule has 11 heteroatoms. The average Bonchev–Trinajstić information content (AvgIpc) is 3.59. The third-order valence-corrected chi connectivity index (χ3v) is 8.28. The Balaban J connectivity index is 1.55. The van der Waals surface area contributed by atoms with Gasteiger partial charge in [0.1, 0.15) is 11.6 Å². The van der Waals surface area contributed by atoms with Crippen LogP contribution in [-0.4, -0.2) is 43.4 Å². The van der Waals surface area contributed by atoms with Crippen LogP contribution in [0.5, 0.6) is 5.88 Å². The van der Waals surface area contributed by atoms with Gasteiger partial charge in [-0.25, -0.2) is 9.97 Å². The van der Waals surface area contributed by atoms with Gasteiger partial charge in [0.2, 0.25) is 5.88 Å². The first-order valence-corrected chi connectivity index (χ1v) is 14.0. The maximum atomic E-state index is 14.5. The number of hydrogen-bond donors (Lipinski definition) is 1. The highest BCUT2D eigenvalue weighted by Gasteiger charge is 2.64. The van der Waals surface area contributed by atoms with Crippen LogP contribution in [0.15, 0.2) is 36.7 Å². The smallest absolute Gasteiger partial charge is 0.280 e. The lowest BCUT2D eigenvalue weighted by Crippen LogP contribution is -2.51. The zero-order chi connectivity index (χ0) is 28.8. The number of carbonyl (C=O) groups excluding carboxylic acids is 2. The summed E-state index contributed by atoms with van der Waals surface area (Å²) >= 11 is 6.39. The quantitative estimate of drug-likeness (QED) is 0.345. The van der Waals surface area contributed by atoms with Crippen molar-refractivity contribution in [3.63, 3.8) is 0 Å². The van der Waals surface area contributed by atoms with Crippen LogP contribution < -0.4 is 15.0 Å². The molecule has 4 aromatic rings. The molecule has 10 nitrogen and oxygen atoms in total. The van der Waals surface area contributed by atoms with Crippen molar-refractivity contribution >= 4 is 34.8 Å². The summed E-state index contributed by atoms with van der Waals surface area (Å²) in [6, 6.07) is 7.23. The molecule has 7 rings (SSSR count). The van der Waals surface area contributed by atoms with Crippen LogP contribution in [0.4, 0.5) is 11.4 Å². The highest BCUT2D eigenvalue weighted by Crippen LogP contribution is 2.55. The molecule has 5 heterocycles. The number of carbonyl (C=O) groups is 2. The Hall–Kier alpha value is -4.31. The maximum Gasteiger partial charge on any atom is 0.280 e. The van der Waals surface area contributed by atoms with Crippen LogP contribution in [0.25, 0.3) is 11.4 Å². The Morgan fingerprint density at radius 3 is 2.59 bits per heavy atom. The van der Waals surface area contributed by atoms with E-state index in [4.69, 9.17) is 21.3 Å². The fourth-order valence-electron chi connectivity index (χ4n) is 6.09. The number of fused-ring (bicyclic) bond motifs is 4. The number of ether oxygens (including phenoxy) is 1. The second-order valence-corrected chi connectivity index (χ2v) is 11.6. The van der Waals surface area contributed by atoms with Gasteiger partial charge in [-0.15, -0.1) is 0 Å². The topological polar surface area (TPSA) is 115 Å². The van der Waals surface area contributed by atoms with Crippen molar-refractivity contribution in [2.24, 2.45) is 0 Å². The molecule has 2 amide bonds. The molecular formula is C30H28ClN7O3. The molecule has 1 atom stereocenters. The van der Waals surface area contributed by atoms with Gasteiger partial charge < -0.3 is 14.6 Å². The number of amides is 2. The van der Waals surface area contributed by atoms with Gasteiger partial charge in [-0.05, 0) is 58.2 Å². The number of halogens is 1. The number of methoxy groups -OCH3 is 1. The summed E-state index contributed by atoms with van der Waals surface area (Å²) < 4.78 is 7.64. The summed E-state index contributed by atoms with van der Waals surface area (Å²) in [4.78, 5) is 49.0. The van der Waals surface area contributed by atoms with Gasteiger partial charge in [0, 0.05) is 35.6 Å². The standard InChI is InChI=1S/C30H28ClN7O3/c1-14(2)37-24-23(35-26(37)19-13-33-25(17-7-8-17)36-27(19)41-5)28(39)38(22-11-18(31)12-32-16(22)4)30(24)20-9-6-15(3)10-21(20)34-29(30)40/h6,9-14,17H,7-8H2,1-5H3,(H,34,40). The van der Waals surface area contributed by atoms with Crippen LogP contribution in [-0.2, 0) is 10.3 Å². The number of aromatic nitrogens is 5. The van der Waals surface area contributed by atoms with Crippen molar-refractivity contribution in [3.8, 4) is 17.3 Å². The highest BCUT2D eigenvalue weighted by atomic mass is 35.5. The predicted molar refractivity (Wildman–Crippen MR) is 154 cm³/mol. The van der Waals surface area contributed by atoms with Crippen molar-refractivity contribution in [1.82, 2.24) is 24.5 Å². The average molecular weight is 570 g/mol. The summed E-state index contributed by atoms with van der Waals surface area (Å²) in [5.74, 6) is 1.14. The van der Waals surface area contributed by atoms with Crippen LogP contribution in [0.3, 0.4) is 0 Å². The molecule has 3 aromatic heterocycles. The second-order valence-electron chi connectivity index (χ2n) is 11.1. The molecule has 1 aromatic carbocycles. The van der Waals surface area contributed by atoms with Crippen molar-refractivity contribution in [3.05, 3.63) is 75.7 Å². The van der Waals surface area contributed by atoms with E-state index in [-0.39, 0.29) is 17.6 Å². The van der Waals surface area contributed by atoms with Gasteiger partial charge in [-0.2, -0.15) is 4.98 Å². The van der Waals surface area contributed by atoms with E-state index in [2.05, 4.69) is 20.3 Å². The van der Waals surface area contributed by atoms with Gasteiger partial charge >= 0.3 is 0 Å². The van der Waals surface area contributed by atoms with Crippen molar-refractivity contribution in [1.29, 1.82) is 0 Å². The Morgan fingerprint density at radius 1 is 1.10 bits per heavy atom. The summed E-state index contributed by atoms with van der Waals surface area (Å²) in [7, 11) is 1.56. The van der Waals surface area contributed by atoms with Crippen LogP contribution in [0.2, 0.25) is 5.02 Å². The number of aryl methyl sites for hydroxylation is 2. The Bertz CT molecular complexity index is 1800. The fraction of sp³-hybridized carbons (Fsp3) is 0.333. The van der Waals surface area contributed by atoms with Gasteiger partial charge in [0.25, 0.3) is 11.8 Å². The van der Waals surface area contributed by atoms with E-state index in [0.29, 0.717) is 56.5 Å². The maximum absolute atomic E-state index is 14.5. The largest absolute Gasteiger partial charge is 0.480 e. The number of imidazole rings is 1. The first kappa shape index (κ1) is 25.6. The first-order chi connectivity index (χ1) is 19.7. The third kappa shape index (κ3) is 3.49. The SMILES string of the molecule is COc1nc(C2CC2)ncc1-c1nc2c(n1C(C)C)C1(C(=O)Nc3cc(C)ccc31)N(c1cc(Cl)cnc1C)C2=O. The minimum Gasteiger partial charge on any atom is -0.480 e. The van der Waals surface area contributed by atoms with Gasteiger partial charge in [-0.1, -0.05) is 23.7 Å². The fourth-order valence-corrected chi connectivity index (χ4v) is 6.25. The van der Waals surface area contributed by atoms with E-state index in [9.17, 15) is 9.59 Å². The molecule has 0 radical (unpaired) electrons. The summed E-state index contributed by atoms with van der Waals surface area (Å²) in [6.45, 7) is 7.73. The van der Waals surface area contributed by atoms with Crippen LogP contribution in [0, 0.1) is 13.8 Å². The minimum absolute atomic E-state index is 0.171.